The summed E-state index contributed by atoms with van der Waals surface area (Å²) in [4.78, 5) is 17.4. The Kier molecular flexibility index (Phi) is 6.96. The molecule has 9 heteroatoms. The molecule has 7 nitrogen and oxygen atoms in total. The fourth-order valence-electron chi connectivity index (χ4n) is 3.85. The number of anilines is 2. The summed E-state index contributed by atoms with van der Waals surface area (Å²) in [5, 5.41) is 9.34. The highest BCUT2D eigenvalue weighted by atomic mass is 32.2. The number of carbonyl (C=O) groups excluding carboxylic acids is 1. The van der Waals surface area contributed by atoms with E-state index >= 15 is 0 Å². The second kappa shape index (κ2) is 10.5. The topological polar surface area (TPSA) is 69.5 Å². The number of ether oxygens (including phenoxy) is 2. The molecule has 0 aliphatic carbocycles. The fraction of sp³-hybridized carbons (Fsp3) is 0.192. The van der Waals surface area contributed by atoms with E-state index in [9.17, 15) is 4.79 Å². The van der Waals surface area contributed by atoms with Crippen LogP contribution in [0.1, 0.15) is 12.7 Å². The Bertz CT molecular complexity index is 1310. The Morgan fingerprint density at radius 3 is 2.31 bits per heavy atom. The molecular weight excluding hydrogens is 480 g/mol. The van der Waals surface area contributed by atoms with Gasteiger partial charge in [0, 0.05) is 22.4 Å². The molecule has 1 aliphatic heterocycles. The first-order valence-electron chi connectivity index (χ1n) is 11.2. The average Bonchev–Trinajstić information content (AvgIpc) is 3.31. The van der Waals surface area contributed by atoms with E-state index < -0.39 is 0 Å². The molecule has 35 heavy (non-hydrogen) atoms. The van der Waals surface area contributed by atoms with E-state index in [1.165, 1.54) is 11.8 Å². The lowest BCUT2D eigenvalue weighted by atomic mass is 10.2. The van der Waals surface area contributed by atoms with E-state index in [0.29, 0.717) is 23.3 Å². The van der Waals surface area contributed by atoms with Crippen molar-refractivity contribution in [2.75, 3.05) is 17.8 Å². The van der Waals surface area contributed by atoms with Crippen molar-refractivity contribution >= 4 is 40.8 Å². The van der Waals surface area contributed by atoms with Crippen molar-refractivity contribution in [3.05, 3.63) is 78.6 Å². The third kappa shape index (κ3) is 4.87. The average molecular weight is 505 g/mol. The number of aromatic nitrogens is 3. The second-order valence-corrected chi connectivity index (χ2v) is 9.69. The number of hydrogen-bond acceptors (Lipinski definition) is 7. The van der Waals surface area contributed by atoms with Gasteiger partial charge in [0.05, 0.1) is 24.2 Å². The van der Waals surface area contributed by atoms with Crippen LogP contribution in [0.5, 0.6) is 11.5 Å². The second-order valence-electron chi connectivity index (χ2n) is 7.67. The van der Waals surface area contributed by atoms with Crippen LogP contribution in [-0.4, -0.2) is 33.5 Å². The van der Waals surface area contributed by atoms with Crippen LogP contribution in [0.25, 0.3) is 0 Å². The van der Waals surface area contributed by atoms with Crippen LogP contribution in [0.2, 0.25) is 0 Å². The smallest absolute Gasteiger partial charge is 0.242 e. The summed E-state index contributed by atoms with van der Waals surface area (Å²) in [5.74, 6) is 2.36. The summed E-state index contributed by atoms with van der Waals surface area (Å²) in [5.41, 5.74) is 1.82. The molecule has 0 fully saturated rings. The summed E-state index contributed by atoms with van der Waals surface area (Å²) < 4.78 is 13.1. The van der Waals surface area contributed by atoms with Crippen molar-refractivity contribution in [2.45, 2.75) is 35.0 Å². The first kappa shape index (κ1) is 23.3. The third-order valence-corrected chi connectivity index (χ3v) is 7.61. The molecule has 1 amide bonds. The van der Waals surface area contributed by atoms with Crippen LogP contribution in [0.4, 0.5) is 11.4 Å². The van der Waals surface area contributed by atoms with E-state index in [-0.39, 0.29) is 18.3 Å². The highest BCUT2D eigenvalue weighted by Crippen LogP contribution is 2.48. The molecule has 5 rings (SSSR count). The van der Waals surface area contributed by atoms with E-state index in [2.05, 4.69) is 10.2 Å². The van der Waals surface area contributed by atoms with Gasteiger partial charge in [0.1, 0.15) is 18.1 Å². The molecular formula is C26H24N4O3S2. The van der Waals surface area contributed by atoms with Crippen LogP contribution in [0, 0.1) is 0 Å². The molecule has 1 aromatic heterocycles. The third-order valence-electron chi connectivity index (χ3n) is 5.53. The SMILES string of the molecule is CCn1c(COc2cccc(OC)c2)nnc1SCC(=O)N1c2ccccc2Sc2ccccc21. The van der Waals surface area contributed by atoms with Crippen molar-refractivity contribution in [3.8, 4) is 11.5 Å². The molecule has 0 spiro atoms. The van der Waals surface area contributed by atoms with Gasteiger partial charge in [0.25, 0.3) is 0 Å². The molecule has 3 aromatic carbocycles. The highest BCUT2D eigenvalue weighted by Gasteiger charge is 2.28. The summed E-state index contributed by atoms with van der Waals surface area (Å²) >= 11 is 3.07. The zero-order chi connectivity index (χ0) is 24.2. The van der Waals surface area contributed by atoms with Crippen molar-refractivity contribution in [2.24, 2.45) is 0 Å². The zero-order valence-corrected chi connectivity index (χ0v) is 21.0. The molecule has 0 radical (unpaired) electrons. The maximum Gasteiger partial charge on any atom is 0.242 e. The van der Waals surface area contributed by atoms with Gasteiger partial charge in [-0.05, 0) is 43.3 Å². The molecule has 1 aliphatic rings. The van der Waals surface area contributed by atoms with Gasteiger partial charge in [-0.15, -0.1) is 10.2 Å². The molecule has 0 N–H and O–H groups in total. The summed E-state index contributed by atoms with van der Waals surface area (Å²) in [6.07, 6.45) is 0. The number of amides is 1. The maximum absolute atomic E-state index is 13.5. The van der Waals surface area contributed by atoms with Gasteiger partial charge in [-0.1, -0.05) is 53.9 Å². The van der Waals surface area contributed by atoms with Crippen molar-refractivity contribution in [1.82, 2.24) is 14.8 Å². The first-order valence-corrected chi connectivity index (χ1v) is 13.0. The molecule has 0 bridgehead atoms. The first-order chi connectivity index (χ1) is 17.2. The normalized spacial score (nSPS) is 12.1. The number of fused-ring (bicyclic) bond motifs is 2. The number of thioether (sulfide) groups is 1. The minimum absolute atomic E-state index is 0.00460. The van der Waals surface area contributed by atoms with E-state index in [4.69, 9.17) is 9.47 Å². The Hall–Kier alpha value is -3.43. The minimum Gasteiger partial charge on any atom is -0.497 e. The maximum atomic E-state index is 13.5. The number of methoxy groups -OCH3 is 1. The molecule has 2 heterocycles. The number of benzene rings is 3. The quantitative estimate of drug-likeness (QED) is 0.281. The van der Waals surface area contributed by atoms with Crippen molar-refractivity contribution in [1.29, 1.82) is 0 Å². The number of carbonyl (C=O) groups is 1. The standard InChI is InChI=1S/C26H24N4O3S2/c1-3-29-24(16-33-19-10-8-9-18(15-19)32-2)27-28-26(29)34-17-25(31)30-20-11-4-6-13-22(20)35-23-14-7-5-12-21(23)30/h4-15H,3,16-17H2,1-2H3. The number of rotatable bonds is 8. The van der Waals surface area contributed by atoms with Gasteiger partial charge in [0.15, 0.2) is 11.0 Å². The molecule has 178 valence electrons. The Morgan fingerprint density at radius 1 is 0.943 bits per heavy atom. The largest absolute Gasteiger partial charge is 0.497 e. The number of hydrogen-bond donors (Lipinski definition) is 0. The van der Waals surface area contributed by atoms with Gasteiger partial charge < -0.3 is 14.0 Å². The lowest BCUT2D eigenvalue weighted by molar-refractivity contribution is -0.115. The molecule has 4 aromatic rings. The molecule has 0 saturated carbocycles. The highest BCUT2D eigenvalue weighted by molar-refractivity contribution is 8.00. The van der Waals surface area contributed by atoms with Gasteiger partial charge in [-0.25, -0.2) is 0 Å². The number of nitrogens with zero attached hydrogens (tertiary/aromatic N) is 4. The lowest BCUT2D eigenvalue weighted by Gasteiger charge is -2.30. The fourth-order valence-corrected chi connectivity index (χ4v) is 5.78. The van der Waals surface area contributed by atoms with Gasteiger partial charge >= 0.3 is 0 Å². The predicted molar refractivity (Wildman–Crippen MR) is 138 cm³/mol. The van der Waals surface area contributed by atoms with Crippen LogP contribution >= 0.6 is 23.5 Å². The van der Waals surface area contributed by atoms with E-state index in [0.717, 1.165) is 26.9 Å². The molecule has 0 saturated heterocycles. The Morgan fingerprint density at radius 2 is 1.63 bits per heavy atom. The Labute approximate surface area is 212 Å². The van der Waals surface area contributed by atoms with Crippen LogP contribution < -0.4 is 14.4 Å². The van der Waals surface area contributed by atoms with Crippen molar-refractivity contribution in [3.63, 3.8) is 0 Å². The predicted octanol–water partition coefficient (Wildman–Crippen LogP) is 5.81. The number of para-hydroxylation sites is 2. The van der Waals surface area contributed by atoms with Gasteiger partial charge in [-0.3, -0.25) is 9.69 Å². The Balaban J connectivity index is 1.31. The van der Waals surface area contributed by atoms with E-state index in [1.54, 1.807) is 18.9 Å². The van der Waals surface area contributed by atoms with E-state index in [1.807, 2.05) is 89.2 Å². The summed E-state index contributed by atoms with van der Waals surface area (Å²) in [6.45, 7) is 2.97. The summed E-state index contributed by atoms with van der Waals surface area (Å²) in [7, 11) is 1.62. The van der Waals surface area contributed by atoms with Crippen molar-refractivity contribution < 1.29 is 14.3 Å². The lowest BCUT2D eigenvalue weighted by Crippen LogP contribution is -2.30. The molecule has 0 atom stereocenters. The summed E-state index contributed by atoms with van der Waals surface area (Å²) in [6, 6.07) is 23.4. The minimum atomic E-state index is -0.00460. The van der Waals surface area contributed by atoms with Crippen LogP contribution in [0.15, 0.2) is 87.7 Å². The monoisotopic (exact) mass is 504 g/mol. The zero-order valence-electron chi connectivity index (χ0n) is 19.4. The van der Waals surface area contributed by atoms with Crippen LogP contribution in [0.3, 0.4) is 0 Å². The van der Waals surface area contributed by atoms with Crippen LogP contribution in [-0.2, 0) is 17.9 Å². The molecule has 0 unspecified atom stereocenters. The van der Waals surface area contributed by atoms with Gasteiger partial charge in [-0.2, -0.15) is 0 Å². The van der Waals surface area contributed by atoms with Gasteiger partial charge in [0.2, 0.25) is 5.91 Å².